The number of benzene rings is 2. The highest BCUT2D eigenvalue weighted by molar-refractivity contribution is 7.89. The molecule has 1 atom stereocenters. The first-order valence-electron chi connectivity index (χ1n) is 10.6. The van der Waals surface area contributed by atoms with Crippen LogP contribution in [-0.4, -0.2) is 29.1 Å². The van der Waals surface area contributed by atoms with Gasteiger partial charge in [0.2, 0.25) is 15.9 Å². The summed E-state index contributed by atoms with van der Waals surface area (Å²) in [4.78, 5) is 13.3. The number of carbonyl (C=O) groups excluding carboxylic acids is 1. The predicted octanol–water partition coefficient (Wildman–Crippen LogP) is 3.94. The van der Waals surface area contributed by atoms with E-state index in [0.29, 0.717) is 16.6 Å². The summed E-state index contributed by atoms with van der Waals surface area (Å²) >= 11 is 0.960. The second-order valence-corrected chi connectivity index (χ2v) is 10.1. The molecule has 2 aromatic carbocycles. The van der Waals surface area contributed by atoms with E-state index in [-0.39, 0.29) is 16.8 Å². The van der Waals surface area contributed by atoms with E-state index in [1.807, 2.05) is 6.07 Å². The monoisotopic (exact) mass is 458 g/mol. The first-order valence-corrected chi connectivity index (χ1v) is 12.8. The van der Waals surface area contributed by atoms with Gasteiger partial charge in [0.25, 0.3) is 0 Å². The van der Waals surface area contributed by atoms with E-state index in [9.17, 15) is 13.2 Å². The van der Waals surface area contributed by atoms with Crippen LogP contribution < -0.4 is 10.0 Å². The molecule has 0 saturated heterocycles. The van der Waals surface area contributed by atoms with Gasteiger partial charge in [-0.1, -0.05) is 68.5 Å². The van der Waals surface area contributed by atoms with Crippen molar-refractivity contribution in [3.8, 4) is 0 Å². The molecule has 1 heterocycles. The third kappa shape index (κ3) is 5.28. The summed E-state index contributed by atoms with van der Waals surface area (Å²) in [7, 11) is -4.01. The van der Waals surface area contributed by atoms with Gasteiger partial charge in [0.15, 0.2) is 0 Å². The van der Waals surface area contributed by atoms with Crippen LogP contribution in [0.3, 0.4) is 0 Å². The first-order chi connectivity index (χ1) is 15.0. The Balaban J connectivity index is 1.61. The van der Waals surface area contributed by atoms with Crippen molar-refractivity contribution in [3.05, 3.63) is 54.1 Å². The van der Waals surface area contributed by atoms with Crippen molar-refractivity contribution in [1.29, 1.82) is 0 Å². The lowest BCUT2D eigenvalue weighted by Crippen LogP contribution is -2.44. The minimum Gasteiger partial charge on any atom is -0.352 e. The summed E-state index contributed by atoms with van der Waals surface area (Å²) in [5.41, 5.74) is 1.42. The van der Waals surface area contributed by atoms with Gasteiger partial charge in [-0.15, -0.1) is 0 Å². The van der Waals surface area contributed by atoms with E-state index < -0.39 is 16.1 Å². The van der Waals surface area contributed by atoms with Gasteiger partial charge in [0.05, 0.1) is 11.7 Å². The van der Waals surface area contributed by atoms with Crippen molar-refractivity contribution in [3.63, 3.8) is 0 Å². The zero-order valence-electron chi connectivity index (χ0n) is 17.2. The molecular formula is C22H26N4O3S2. The smallest absolute Gasteiger partial charge is 0.243 e. The second kappa shape index (κ2) is 9.84. The normalized spacial score (nSPS) is 17.0. The number of aromatic nitrogens is 2. The fourth-order valence-electron chi connectivity index (χ4n) is 4.02. The summed E-state index contributed by atoms with van der Waals surface area (Å²) in [6.07, 6.45) is 7.58. The molecule has 0 unspecified atom stereocenters. The Morgan fingerprint density at radius 1 is 0.935 bits per heavy atom. The third-order valence-electron chi connectivity index (χ3n) is 5.66. The van der Waals surface area contributed by atoms with Crippen molar-refractivity contribution >= 4 is 38.7 Å². The molecule has 0 bridgehead atoms. The molecule has 0 aliphatic heterocycles. The van der Waals surface area contributed by atoms with Crippen molar-refractivity contribution in [2.24, 2.45) is 0 Å². The summed E-state index contributed by atoms with van der Waals surface area (Å²) in [6.45, 7) is 0. The third-order valence-corrected chi connectivity index (χ3v) is 7.66. The van der Waals surface area contributed by atoms with Gasteiger partial charge >= 0.3 is 0 Å². The maximum absolute atomic E-state index is 13.3. The van der Waals surface area contributed by atoms with Gasteiger partial charge in [-0.05, 0) is 30.5 Å². The Labute approximate surface area is 186 Å². The number of rotatable bonds is 6. The highest BCUT2D eigenvalue weighted by Gasteiger charge is 2.30. The maximum atomic E-state index is 13.3. The molecule has 31 heavy (non-hydrogen) atoms. The minimum atomic E-state index is -4.01. The van der Waals surface area contributed by atoms with Crippen LogP contribution in [0.1, 0.15) is 56.6 Å². The number of amides is 1. The molecule has 1 amide bonds. The van der Waals surface area contributed by atoms with Gasteiger partial charge in [0, 0.05) is 6.04 Å². The number of nitrogens with zero attached hydrogens (tertiary/aromatic N) is 2. The van der Waals surface area contributed by atoms with Crippen LogP contribution in [0.5, 0.6) is 0 Å². The van der Waals surface area contributed by atoms with E-state index in [2.05, 4.69) is 18.8 Å². The molecular weight excluding hydrogens is 432 g/mol. The van der Waals surface area contributed by atoms with Crippen LogP contribution in [0.15, 0.2) is 53.4 Å². The number of sulfonamides is 1. The van der Waals surface area contributed by atoms with Crippen molar-refractivity contribution in [2.45, 2.75) is 61.9 Å². The molecule has 164 valence electrons. The van der Waals surface area contributed by atoms with Crippen LogP contribution in [0.25, 0.3) is 11.0 Å². The second-order valence-electron chi connectivity index (χ2n) is 7.90. The molecule has 1 saturated carbocycles. The first kappa shape index (κ1) is 21.9. The van der Waals surface area contributed by atoms with Crippen LogP contribution in [-0.2, 0) is 14.8 Å². The summed E-state index contributed by atoms with van der Waals surface area (Å²) in [5, 5.41) is 3.10. The molecule has 2 N–H and O–H groups in total. The predicted molar refractivity (Wildman–Crippen MR) is 121 cm³/mol. The van der Waals surface area contributed by atoms with Crippen LogP contribution in [0.4, 0.5) is 0 Å². The molecule has 7 nitrogen and oxygen atoms in total. The highest BCUT2D eigenvalue weighted by atomic mass is 32.2. The van der Waals surface area contributed by atoms with Gasteiger partial charge in [-0.25, -0.2) is 8.42 Å². The largest absolute Gasteiger partial charge is 0.352 e. The molecule has 0 spiro atoms. The van der Waals surface area contributed by atoms with Crippen LogP contribution in [0.2, 0.25) is 0 Å². The molecule has 1 fully saturated rings. The summed E-state index contributed by atoms with van der Waals surface area (Å²) in [6, 6.07) is 12.8. The van der Waals surface area contributed by atoms with Crippen LogP contribution in [0, 0.1) is 0 Å². The van der Waals surface area contributed by atoms with Gasteiger partial charge in [0.1, 0.15) is 22.0 Å². The molecule has 1 aliphatic carbocycles. The average molecular weight is 459 g/mol. The van der Waals surface area contributed by atoms with Crippen LogP contribution >= 0.6 is 11.7 Å². The molecule has 3 aromatic rings. The van der Waals surface area contributed by atoms with Crippen molar-refractivity contribution in [1.82, 2.24) is 18.8 Å². The Bertz CT molecular complexity index is 1120. The SMILES string of the molecule is O=C(NC1CCCCCCC1)[C@@H](NS(=O)(=O)c1cccc2nsnc12)c1ccccc1. The molecule has 0 radical (unpaired) electrons. The van der Waals surface area contributed by atoms with E-state index >= 15 is 0 Å². The zero-order valence-corrected chi connectivity index (χ0v) is 18.8. The Morgan fingerprint density at radius 2 is 1.65 bits per heavy atom. The topological polar surface area (TPSA) is 101 Å². The van der Waals surface area contributed by atoms with Crippen molar-refractivity contribution < 1.29 is 13.2 Å². The number of hydrogen-bond donors (Lipinski definition) is 2. The number of fused-ring (bicyclic) bond motifs is 1. The lowest BCUT2D eigenvalue weighted by atomic mass is 9.96. The molecule has 9 heteroatoms. The average Bonchev–Trinajstić information content (AvgIpc) is 3.23. The maximum Gasteiger partial charge on any atom is 0.243 e. The lowest BCUT2D eigenvalue weighted by molar-refractivity contribution is -0.123. The van der Waals surface area contributed by atoms with Crippen molar-refractivity contribution in [2.75, 3.05) is 0 Å². The number of nitrogens with one attached hydrogen (secondary N) is 2. The number of hydrogen-bond acceptors (Lipinski definition) is 6. The van der Waals surface area contributed by atoms with Gasteiger partial charge < -0.3 is 5.32 Å². The Morgan fingerprint density at radius 3 is 2.39 bits per heavy atom. The molecule has 1 aliphatic rings. The molecule has 1 aromatic heterocycles. The Kier molecular flexibility index (Phi) is 6.94. The van der Waals surface area contributed by atoms with E-state index in [1.54, 1.807) is 36.4 Å². The fourth-order valence-corrected chi connectivity index (χ4v) is 5.97. The van der Waals surface area contributed by atoms with Gasteiger partial charge in [-0.3, -0.25) is 4.79 Å². The summed E-state index contributed by atoms with van der Waals surface area (Å²) < 4.78 is 37.4. The Hall–Kier alpha value is -2.36. The quantitative estimate of drug-likeness (QED) is 0.583. The standard InChI is InChI=1S/C22H26N4O3S2/c27-22(23-17-12-7-2-1-3-8-13-17)20(16-10-5-4-6-11-16)26-31(28,29)19-15-9-14-18-21(19)25-30-24-18/h4-6,9-11,14-15,17,20,26H,1-3,7-8,12-13H2,(H,23,27)/t20-/m0/s1. The lowest BCUT2D eigenvalue weighted by Gasteiger charge is -2.25. The van der Waals surface area contributed by atoms with Gasteiger partial charge in [-0.2, -0.15) is 13.5 Å². The minimum absolute atomic E-state index is 0.0263. The number of carbonyl (C=O) groups is 1. The summed E-state index contributed by atoms with van der Waals surface area (Å²) in [5.74, 6) is -0.330. The highest BCUT2D eigenvalue weighted by Crippen LogP contribution is 2.24. The zero-order chi connectivity index (χ0) is 21.7. The molecule has 4 rings (SSSR count). The van der Waals surface area contributed by atoms with E-state index in [4.69, 9.17) is 0 Å². The van der Waals surface area contributed by atoms with E-state index in [1.165, 1.54) is 25.3 Å². The fraction of sp³-hybridized carbons (Fsp3) is 0.409. The van der Waals surface area contributed by atoms with E-state index in [0.717, 1.165) is 37.4 Å².